The molecule has 1 unspecified atom stereocenters. The van der Waals surface area contributed by atoms with Gasteiger partial charge in [-0.1, -0.05) is 17.7 Å². The van der Waals surface area contributed by atoms with Gasteiger partial charge in [0.1, 0.15) is 11.9 Å². The van der Waals surface area contributed by atoms with Crippen LogP contribution in [0.25, 0.3) is 0 Å². The molecule has 1 aromatic rings. The molecule has 1 atom stereocenters. The predicted octanol–water partition coefficient (Wildman–Crippen LogP) is 1.22. The van der Waals surface area contributed by atoms with E-state index in [1.54, 1.807) is 13.0 Å². The Morgan fingerprint density at radius 3 is 2.77 bits per heavy atom. The van der Waals surface area contributed by atoms with E-state index in [2.05, 4.69) is 0 Å². The molecule has 0 saturated carbocycles. The summed E-state index contributed by atoms with van der Waals surface area (Å²) in [5.41, 5.74) is 6.07. The number of benzene rings is 1. The van der Waals surface area contributed by atoms with E-state index >= 15 is 0 Å². The van der Waals surface area contributed by atoms with Crippen molar-refractivity contribution in [2.24, 2.45) is 5.73 Å². The van der Waals surface area contributed by atoms with Crippen LogP contribution in [0, 0.1) is 12.7 Å². The minimum absolute atomic E-state index is 0.0208. The Morgan fingerprint density at radius 1 is 1.62 bits per heavy atom. The fourth-order valence-corrected chi connectivity index (χ4v) is 1.03. The zero-order valence-corrected chi connectivity index (χ0v) is 7.12. The molecule has 0 spiro atoms. The van der Waals surface area contributed by atoms with E-state index in [9.17, 15) is 9.18 Å². The third-order valence-corrected chi connectivity index (χ3v) is 1.75. The lowest BCUT2D eigenvalue weighted by Crippen LogP contribution is -2.21. The monoisotopic (exact) mass is 183 g/mol. The number of carbonyl (C=O) groups is 1. The van der Waals surface area contributed by atoms with Gasteiger partial charge in [-0.2, -0.15) is 0 Å². The second-order valence-electron chi connectivity index (χ2n) is 2.84. The van der Waals surface area contributed by atoms with Crippen molar-refractivity contribution < 1.29 is 14.3 Å². The molecular weight excluding hydrogens is 173 g/mol. The molecule has 0 aliphatic rings. The summed E-state index contributed by atoms with van der Waals surface area (Å²) in [5.74, 6) is -1.81. The Kier molecular flexibility index (Phi) is 2.63. The van der Waals surface area contributed by atoms with Gasteiger partial charge in [0.05, 0.1) is 0 Å². The molecule has 1 aromatic carbocycles. The van der Waals surface area contributed by atoms with Crippen molar-refractivity contribution in [1.82, 2.24) is 0 Å². The van der Waals surface area contributed by atoms with E-state index in [1.165, 1.54) is 12.1 Å². The molecule has 0 amide bonds. The molecule has 13 heavy (non-hydrogen) atoms. The molecule has 4 heteroatoms. The van der Waals surface area contributed by atoms with Gasteiger partial charge in [0, 0.05) is 5.56 Å². The largest absolute Gasteiger partial charge is 0.480 e. The van der Waals surface area contributed by atoms with Gasteiger partial charge >= 0.3 is 5.97 Å². The summed E-state index contributed by atoms with van der Waals surface area (Å²) in [6, 6.07) is 2.93. The predicted molar refractivity (Wildman–Crippen MR) is 45.7 cm³/mol. The fourth-order valence-electron chi connectivity index (χ4n) is 1.03. The summed E-state index contributed by atoms with van der Waals surface area (Å²) in [4.78, 5) is 10.5. The van der Waals surface area contributed by atoms with Crippen molar-refractivity contribution in [3.8, 4) is 0 Å². The molecule has 0 fully saturated rings. The lowest BCUT2D eigenvalue weighted by molar-refractivity contribution is -0.138. The summed E-state index contributed by atoms with van der Waals surface area (Å²) in [7, 11) is 0. The Balaban J connectivity index is 3.12. The molecule has 3 N–H and O–H groups in total. The maximum Gasteiger partial charge on any atom is 0.325 e. The zero-order valence-electron chi connectivity index (χ0n) is 7.12. The summed E-state index contributed by atoms with van der Waals surface area (Å²) < 4.78 is 13.0. The normalized spacial score (nSPS) is 12.5. The SMILES string of the molecule is Cc1ccc(F)c(C(N)C(=O)O)c1. The van der Waals surface area contributed by atoms with E-state index in [0.717, 1.165) is 5.56 Å². The quantitative estimate of drug-likeness (QED) is 0.724. The summed E-state index contributed by atoms with van der Waals surface area (Å²) in [5, 5.41) is 8.56. The summed E-state index contributed by atoms with van der Waals surface area (Å²) in [6.07, 6.45) is 0. The van der Waals surface area contributed by atoms with Crippen LogP contribution >= 0.6 is 0 Å². The topological polar surface area (TPSA) is 63.3 Å². The second-order valence-corrected chi connectivity index (χ2v) is 2.84. The van der Waals surface area contributed by atoms with Gasteiger partial charge in [0.25, 0.3) is 0 Å². The van der Waals surface area contributed by atoms with E-state index in [0.29, 0.717) is 0 Å². The molecular formula is C9H10FNO2. The van der Waals surface area contributed by atoms with Gasteiger partial charge in [-0.3, -0.25) is 4.79 Å². The third kappa shape index (κ3) is 2.03. The Bertz CT molecular complexity index is 338. The van der Waals surface area contributed by atoms with Crippen molar-refractivity contribution in [1.29, 1.82) is 0 Å². The first-order valence-corrected chi connectivity index (χ1v) is 3.77. The van der Waals surface area contributed by atoms with Crippen LogP contribution in [0.15, 0.2) is 18.2 Å². The minimum atomic E-state index is -1.29. The van der Waals surface area contributed by atoms with Crippen molar-refractivity contribution >= 4 is 5.97 Å². The van der Waals surface area contributed by atoms with Crippen molar-refractivity contribution in [2.45, 2.75) is 13.0 Å². The first kappa shape index (κ1) is 9.67. The van der Waals surface area contributed by atoms with Gasteiger partial charge in [-0.25, -0.2) is 4.39 Å². The zero-order chi connectivity index (χ0) is 10.0. The molecule has 3 nitrogen and oxygen atoms in total. The van der Waals surface area contributed by atoms with E-state index in [-0.39, 0.29) is 5.56 Å². The molecule has 0 bridgehead atoms. The van der Waals surface area contributed by atoms with Gasteiger partial charge in [0.15, 0.2) is 0 Å². The van der Waals surface area contributed by atoms with Crippen LogP contribution < -0.4 is 5.73 Å². The number of nitrogens with two attached hydrogens (primary N) is 1. The van der Waals surface area contributed by atoms with Gasteiger partial charge in [0.2, 0.25) is 0 Å². The average Bonchev–Trinajstić information content (AvgIpc) is 2.08. The first-order valence-electron chi connectivity index (χ1n) is 3.77. The molecule has 0 aliphatic carbocycles. The molecule has 0 aliphatic heterocycles. The van der Waals surface area contributed by atoms with Crippen molar-refractivity contribution in [3.63, 3.8) is 0 Å². The lowest BCUT2D eigenvalue weighted by Gasteiger charge is -2.08. The third-order valence-electron chi connectivity index (χ3n) is 1.75. The number of hydrogen-bond acceptors (Lipinski definition) is 2. The Morgan fingerprint density at radius 2 is 2.23 bits per heavy atom. The van der Waals surface area contributed by atoms with Gasteiger partial charge in [-0.05, 0) is 13.0 Å². The molecule has 0 aromatic heterocycles. The molecule has 1 rings (SSSR count). The van der Waals surface area contributed by atoms with Crippen molar-refractivity contribution in [2.75, 3.05) is 0 Å². The number of hydrogen-bond donors (Lipinski definition) is 2. The van der Waals surface area contributed by atoms with Crippen LogP contribution in [0.2, 0.25) is 0 Å². The number of carboxylic acid groups (broad SMARTS) is 1. The number of halogens is 1. The van der Waals surface area contributed by atoms with Crippen LogP contribution in [-0.4, -0.2) is 11.1 Å². The number of carboxylic acids is 1. The molecule has 0 radical (unpaired) electrons. The highest BCUT2D eigenvalue weighted by molar-refractivity contribution is 5.75. The summed E-state index contributed by atoms with van der Waals surface area (Å²) >= 11 is 0. The highest BCUT2D eigenvalue weighted by atomic mass is 19.1. The second kappa shape index (κ2) is 3.53. The van der Waals surface area contributed by atoms with Crippen molar-refractivity contribution in [3.05, 3.63) is 35.1 Å². The van der Waals surface area contributed by atoms with E-state index in [1.807, 2.05) is 0 Å². The highest BCUT2D eigenvalue weighted by Crippen LogP contribution is 2.16. The van der Waals surface area contributed by atoms with Crippen LogP contribution in [-0.2, 0) is 4.79 Å². The average molecular weight is 183 g/mol. The first-order chi connectivity index (χ1) is 6.02. The molecule has 0 heterocycles. The van der Waals surface area contributed by atoms with Crippen LogP contribution in [0.1, 0.15) is 17.2 Å². The number of aryl methyl sites for hydroxylation is 1. The lowest BCUT2D eigenvalue weighted by atomic mass is 10.0. The van der Waals surface area contributed by atoms with Crippen LogP contribution in [0.4, 0.5) is 4.39 Å². The Labute approximate surface area is 75.0 Å². The van der Waals surface area contributed by atoms with Crippen LogP contribution in [0.5, 0.6) is 0 Å². The van der Waals surface area contributed by atoms with Crippen LogP contribution in [0.3, 0.4) is 0 Å². The van der Waals surface area contributed by atoms with E-state index in [4.69, 9.17) is 10.8 Å². The van der Waals surface area contributed by atoms with Gasteiger partial charge < -0.3 is 10.8 Å². The minimum Gasteiger partial charge on any atom is -0.480 e. The van der Waals surface area contributed by atoms with E-state index < -0.39 is 17.8 Å². The van der Waals surface area contributed by atoms with Gasteiger partial charge in [-0.15, -0.1) is 0 Å². The summed E-state index contributed by atoms with van der Waals surface area (Å²) in [6.45, 7) is 1.75. The number of aliphatic carboxylic acids is 1. The fraction of sp³-hybridized carbons (Fsp3) is 0.222. The highest BCUT2D eigenvalue weighted by Gasteiger charge is 2.17. The standard InChI is InChI=1S/C9H10FNO2/c1-5-2-3-7(10)6(4-5)8(11)9(12)13/h2-4,8H,11H2,1H3,(H,12,13). The number of rotatable bonds is 2. The molecule has 70 valence electrons. The smallest absolute Gasteiger partial charge is 0.325 e. The molecule has 0 saturated heterocycles. The maximum atomic E-state index is 13.0. The Hall–Kier alpha value is -1.42. The maximum absolute atomic E-state index is 13.0.